The zero-order valence-electron chi connectivity index (χ0n) is 8.90. The number of amides is 1. The van der Waals surface area contributed by atoms with Gasteiger partial charge in [0.05, 0.1) is 10.6 Å². The van der Waals surface area contributed by atoms with Gasteiger partial charge >= 0.3 is 0 Å². The summed E-state index contributed by atoms with van der Waals surface area (Å²) in [6, 6.07) is 4.91. The monoisotopic (exact) mass is 268 g/mol. The maximum Gasteiger partial charge on any atom is 0.261 e. The number of halogens is 1. The fourth-order valence-corrected chi connectivity index (χ4v) is 2.13. The third kappa shape index (κ3) is 2.54. The number of nitrogens with zero attached hydrogens (tertiary/aromatic N) is 2. The van der Waals surface area contributed by atoms with Crippen LogP contribution in [0.5, 0.6) is 0 Å². The summed E-state index contributed by atoms with van der Waals surface area (Å²) in [7, 11) is 0. The molecule has 0 radical (unpaired) electrons. The molecular weight excluding hydrogens is 260 g/mol. The van der Waals surface area contributed by atoms with E-state index in [1.807, 2.05) is 0 Å². The van der Waals surface area contributed by atoms with E-state index in [9.17, 15) is 4.79 Å². The Balaban J connectivity index is 2.26. The average molecular weight is 269 g/mol. The van der Waals surface area contributed by atoms with Crippen LogP contribution in [-0.4, -0.2) is 15.3 Å². The van der Waals surface area contributed by atoms with E-state index in [0.717, 1.165) is 11.5 Å². The van der Waals surface area contributed by atoms with Crippen LogP contribution in [0.4, 0.5) is 10.8 Å². The number of nitrogens with one attached hydrogen (secondary N) is 1. The molecule has 0 saturated carbocycles. The molecule has 0 atom stereocenters. The summed E-state index contributed by atoms with van der Waals surface area (Å²) in [6.45, 7) is 1.75. The number of nitrogen functional groups attached to an aromatic ring is 1. The fraction of sp³-hybridized carbons (Fsp3) is 0.100. The van der Waals surface area contributed by atoms with Gasteiger partial charge in [0, 0.05) is 17.2 Å². The minimum absolute atomic E-state index is 0.252. The Morgan fingerprint density at radius 2 is 2.29 bits per heavy atom. The van der Waals surface area contributed by atoms with E-state index in [0.29, 0.717) is 21.7 Å². The highest BCUT2D eigenvalue weighted by atomic mass is 35.5. The Bertz CT molecular complexity index is 549. The second-order valence-corrected chi connectivity index (χ2v) is 4.46. The van der Waals surface area contributed by atoms with Gasteiger partial charge in [0.1, 0.15) is 5.82 Å². The van der Waals surface area contributed by atoms with Crippen molar-refractivity contribution in [3.63, 3.8) is 0 Å². The van der Waals surface area contributed by atoms with Gasteiger partial charge < -0.3 is 5.73 Å². The molecule has 0 unspecified atom stereocenters. The Hall–Kier alpha value is -1.66. The quantitative estimate of drug-likeness (QED) is 0.819. The number of aryl methyl sites for hydroxylation is 1. The van der Waals surface area contributed by atoms with E-state index >= 15 is 0 Å². The molecule has 0 fully saturated rings. The Labute approximate surface area is 107 Å². The Morgan fingerprint density at radius 3 is 2.88 bits per heavy atom. The van der Waals surface area contributed by atoms with Gasteiger partial charge in [-0.3, -0.25) is 10.1 Å². The van der Waals surface area contributed by atoms with Crippen LogP contribution in [0.15, 0.2) is 18.2 Å². The topological polar surface area (TPSA) is 80.9 Å². The molecule has 2 aromatic rings. The third-order valence-corrected chi connectivity index (χ3v) is 3.06. The molecule has 7 heteroatoms. The Morgan fingerprint density at radius 1 is 1.53 bits per heavy atom. The molecule has 88 valence electrons. The standard InChI is InChI=1S/C10H9ClN4OS/c1-5-13-10(17-15-5)14-9(16)8-6(11)3-2-4-7(8)12/h2-4H,12H2,1H3,(H,13,14,15,16). The maximum atomic E-state index is 11.9. The fourth-order valence-electron chi connectivity index (χ4n) is 1.29. The highest BCUT2D eigenvalue weighted by molar-refractivity contribution is 7.09. The molecule has 1 heterocycles. The lowest BCUT2D eigenvalue weighted by atomic mass is 10.1. The average Bonchev–Trinajstić information content (AvgIpc) is 2.63. The van der Waals surface area contributed by atoms with Crippen molar-refractivity contribution in [3.05, 3.63) is 34.6 Å². The first kappa shape index (κ1) is 11.8. The van der Waals surface area contributed by atoms with Gasteiger partial charge in [0.25, 0.3) is 5.91 Å². The van der Waals surface area contributed by atoms with Gasteiger partial charge in [-0.25, -0.2) is 4.98 Å². The predicted octanol–water partition coefficient (Wildman–Crippen LogP) is 2.33. The number of hydrogen-bond donors (Lipinski definition) is 2. The normalized spacial score (nSPS) is 10.2. The van der Waals surface area contributed by atoms with Crippen molar-refractivity contribution >= 4 is 39.9 Å². The van der Waals surface area contributed by atoms with Gasteiger partial charge in [-0.2, -0.15) is 4.37 Å². The third-order valence-electron chi connectivity index (χ3n) is 2.02. The van der Waals surface area contributed by atoms with E-state index < -0.39 is 0 Å². The molecule has 17 heavy (non-hydrogen) atoms. The molecule has 1 aromatic heterocycles. The van der Waals surface area contributed by atoms with Crippen LogP contribution in [0, 0.1) is 6.92 Å². The second-order valence-electron chi connectivity index (χ2n) is 3.30. The molecule has 0 spiro atoms. The molecule has 5 nitrogen and oxygen atoms in total. The van der Waals surface area contributed by atoms with E-state index in [1.165, 1.54) is 0 Å². The lowest BCUT2D eigenvalue weighted by molar-refractivity contribution is 0.102. The van der Waals surface area contributed by atoms with Crippen LogP contribution < -0.4 is 11.1 Å². The summed E-state index contributed by atoms with van der Waals surface area (Å²) in [5.74, 6) is 0.224. The summed E-state index contributed by atoms with van der Waals surface area (Å²) < 4.78 is 3.96. The van der Waals surface area contributed by atoms with E-state index in [-0.39, 0.29) is 11.5 Å². The van der Waals surface area contributed by atoms with E-state index in [2.05, 4.69) is 14.7 Å². The van der Waals surface area contributed by atoms with Crippen molar-refractivity contribution in [2.24, 2.45) is 0 Å². The summed E-state index contributed by atoms with van der Waals surface area (Å²) in [4.78, 5) is 16.0. The lowest BCUT2D eigenvalue weighted by Gasteiger charge is -2.06. The van der Waals surface area contributed by atoms with Crippen molar-refractivity contribution in [1.29, 1.82) is 0 Å². The van der Waals surface area contributed by atoms with Gasteiger partial charge in [0.2, 0.25) is 5.13 Å². The van der Waals surface area contributed by atoms with Crippen LogP contribution in [-0.2, 0) is 0 Å². The number of carbonyl (C=O) groups is 1. The van der Waals surface area contributed by atoms with E-state index in [1.54, 1.807) is 25.1 Å². The first-order valence-corrected chi connectivity index (χ1v) is 5.88. The minimum Gasteiger partial charge on any atom is -0.398 e. The number of benzene rings is 1. The summed E-state index contributed by atoms with van der Waals surface area (Å²) in [6.07, 6.45) is 0. The first-order valence-electron chi connectivity index (χ1n) is 4.73. The molecule has 2 rings (SSSR count). The van der Waals surface area contributed by atoms with Crippen LogP contribution in [0.3, 0.4) is 0 Å². The molecule has 0 saturated heterocycles. The number of hydrogen-bond acceptors (Lipinski definition) is 5. The number of carbonyl (C=O) groups excluding carboxylic acids is 1. The lowest BCUT2D eigenvalue weighted by Crippen LogP contribution is -2.14. The highest BCUT2D eigenvalue weighted by Gasteiger charge is 2.15. The first-order chi connectivity index (χ1) is 8.08. The molecule has 0 aliphatic carbocycles. The molecule has 0 bridgehead atoms. The van der Waals surface area contributed by atoms with Crippen molar-refractivity contribution in [2.45, 2.75) is 6.92 Å². The second kappa shape index (κ2) is 4.68. The van der Waals surface area contributed by atoms with Crippen LogP contribution in [0.25, 0.3) is 0 Å². The maximum absolute atomic E-state index is 11.9. The van der Waals surface area contributed by atoms with Crippen molar-refractivity contribution < 1.29 is 4.79 Å². The molecule has 1 amide bonds. The number of nitrogens with two attached hydrogens (primary N) is 1. The SMILES string of the molecule is Cc1nsc(NC(=O)c2c(N)cccc2Cl)n1. The number of anilines is 2. The zero-order valence-corrected chi connectivity index (χ0v) is 10.5. The van der Waals surface area contributed by atoms with Gasteiger partial charge in [-0.1, -0.05) is 17.7 Å². The van der Waals surface area contributed by atoms with Crippen molar-refractivity contribution in [3.8, 4) is 0 Å². The zero-order chi connectivity index (χ0) is 12.4. The molecule has 0 aliphatic rings. The molecule has 1 aromatic carbocycles. The van der Waals surface area contributed by atoms with Gasteiger partial charge in [0.15, 0.2) is 0 Å². The summed E-state index contributed by atoms with van der Waals surface area (Å²) in [5.41, 5.74) is 6.28. The molecular formula is C10H9ClN4OS. The van der Waals surface area contributed by atoms with Crippen molar-refractivity contribution in [2.75, 3.05) is 11.1 Å². The summed E-state index contributed by atoms with van der Waals surface area (Å²) >= 11 is 7.03. The van der Waals surface area contributed by atoms with E-state index in [4.69, 9.17) is 17.3 Å². The number of aromatic nitrogens is 2. The number of rotatable bonds is 2. The smallest absolute Gasteiger partial charge is 0.261 e. The predicted molar refractivity (Wildman–Crippen MR) is 68.5 cm³/mol. The van der Waals surface area contributed by atoms with Crippen LogP contribution >= 0.6 is 23.1 Å². The largest absolute Gasteiger partial charge is 0.398 e. The minimum atomic E-state index is -0.385. The summed E-state index contributed by atoms with van der Waals surface area (Å²) in [5, 5.41) is 3.33. The van der Waals surface area contributed by atoms with Crippen molar-refractivity contribution in [1.82, 2.24) is 9.36 Å². The van der Waals surface area contributed by atoms with Crippen LogP contribution in [0.1, 0.15) is 16.2 Å². The van der Waals surface area contributed by atoms with Gasteiger partial charge in [-0.15, -0.1) is 0 Å². The highest BCUT2D eigenvalue weighted by Crippen LogP contribution is 2.23. The Kier molecular flexibility index (Phi) is 3.26. The van der Waals surface area contributed by atoms with Crippen LogP contribution in [0.2, 0.25) is 5.02 Å². The molecule has 0 aliphatic heterocycles. The van der Waals surface area contributed by atoms with Gasteiger partial charge in [-0.05, 0) is 19.1 Å². The molecule has 3 N–H and O–H groups in total.